The predicted molar refractivity (Wildman–Crippen MR) is 99.8 cm³/mol. The molecule has 0 atom stereocenters. The summed E-state index contributed by atoms with van der Waals surface area (Å²) in [6.45, 7) is 3.97. The number of hydrogen-bond donors (Lipinski definition) is 1. The number of halogens is 1. The molecule has 1 heterocycles. The number of hydrogen-bond acceptors (Lipinski definition) is 3. The van der Waals surface area contributed by atoms with Gasteiger partial charge in [-0.15, -0.1) is 0 Å². The maximum Gasteiger partial charge on any atom is 0.261 e. The van der Waals surface area contributed by atoms with E-state index in [0.29, 0.717) is 17.3 Å². The molecular weight excluding hydrogens is 360 g/mol. The van der Waals surface area contributed by atoms with Crippen LogP contribution in [0.1, 0.15) is 24.5 Å². The molecule has 25 heavy (non-hydrogen) atoms. The van der Waals surface area contributed by atoms with Crippen LogP contribution in [0.15, 0.2) is 41.3 Å². The van der Waals surface area contributed by atoms with Gasteiger partial charge in [0.05, 0.1) is 10.6 Å². The summed E-state index contributed by atoms with van der Waals surface area (Å²) in [7, 11) is -3.72. The van der Waals surface area contributed by atoms with Gasteiger partial charge in [-0.05, 0) is 67.3 Å². The van der Waals surface area contributed by atoms with Crippen molar-refractivity contribution in [3.8, 4) is 0 Å². The average molecular weight is 379 g/mol. The highest BCUT2D eigenvalue weighted by Gasteiger charge is 2.23. The monoisotopic (exact) mass is 378 g/mol. The van der Waals surface area contributed by atoms with Gasteiger partial charge in [0.1, 0.15) is 0 Å². The van der Waals surface area contributed by atoms with E-state index in [1.54, 1.807) is 42.2 Å². The molecule has 0 saturated carbocycles. The molecular formula is C18H19ClN2O3S. The summed E-state index contributed by atoms with van der Waals surface area (Å²) in [5, 5.41) is 0.554. The number of nitrogens with zero attached hydrogens (tertiary/aromatic N) is 1. The van der Waals surface area contributed by atoms with E-state index in [4.69, 9.17) is 11.6 Å². The van der Waals surface area contributed by atoms with E-state index in [1.807, 2.05) is 0 Å². The molecule has 0 unspecified atom stereocenters. The van der Waals surface area contributed by atoms with Gasteiger partial charge in [-0.3, -0.25) is 9.52 Å². The normalized spacial score (nSPS) is 14.1. The minimum atomic E-state index is -3.72. The number of anilines is 2. The highest BCUT2D eigenvalue weighted by Crippen LogP contribution is 2.30. The fourth-order valence-corrected chi connectivity index (χ4v) is 4.42. The number of amides is 1. The third-order valence-corrected chi connectivity index (χ3v) is 5.89. The lowest BCUT2D eigenvalue weighted by Crippen LogP contribution is -2.33. The van der Waals surface area contributed by atoms with E-state index in [1.165, 1.54) is 13.0 Å². The van der Waals surface area contributed by atoms with Gasteiger partial charge in [-0.2, -0.15) is 0 Å². The third kappa shape index (κ3) is 3.65. The SMILES string of the molecule is CC(=O)N1CCCc2cc(S(=O)(=O)Nc3ccc(Cl)cc3C)ccc21. The Bertz CT molecular complexity index is 941. The quantitative estimate of drug-likeness (QED) is 0.884. The molecule has 0 aromatic heterocycles. The molecule has 5 nitrogen and oxygen atoms in total. The predicted octanol–water partition coefficient (Wildman–Crippen LogP) is 3.75. The Morgan fingerprint density at radius 1 is 1.20 bits per heavy atom. The van der Waals surface area contributed by atoms with Crippen molar-refractivity contribution < 1.29 is 13.2 Å². The van der Waals surface area contributed by atoms with Gasteiger partial charge in [0.2, 0.25) is 5.91 Å². The largest absolute Gasteiger partial charge is 0.312 e. The van der Waals surface area contributed by atoms with Gasteiger partial charge in [-0.25, -0.2) is 8.42 Å². The van der Waals surface area contributed by atoms with Crippen LogP contribution in [0, 0.1) is 6.92 Å². The number of aryl methyl sites for hydroxylation is 2. The molecule has 0 bridgehead atoms. The number of carbonyl (C=O) groups is 1. The summed E-state index contributed by atoms with van der Waals surface area (Å²) in [6, 6.07) is 9.89. The van der Waals surface area contributed by atoms with Crippen LogP contribution < -0.4 is 9.62 Å². The Labute approximate surface area is 152 Å². The molecule has 1 N–H and O–H groups in total. The van der Waals surface area contributed by atoms with Gasteiger partial charge in [0.25, 0.3) is 10.0 Å². The molecule has 132 valence electrons. The molecule has 2 aromatic carbocycles. The highest BCUT2D eigenvalue weighted by molar-refractivity contribution is 7.92. The van der Waals surface area contributed by atoms with E-state index < -0.39 is 10.0 Å². The molecule has 1 aliphatic rings. The van der Waals surface area contributed by atoms with E-state index in [0.717, 1.165) is 29.7 Å². The Hall–Kier alpha value is -2.05. The second kappa shape index (κ2) is 6.69. The van der Waals surface area contributed by atoms with E-state index in [2.05, 4.69) is 4.72 Å². The summed E-state index contributed by atoms with van der Waals surface area (Å²) in [5.41, 5.74) is 2.90. The zero-order valence-electron chi connectivity index (χ0n) is 14.0. The van der Waals surface area contributed by atoms with Crippen LogP contribution in [0.5, 0.6) is 0 Å². The third-order valence-electron chi connectivity index (χ3n) is 4.29. The van der Waals surface area contributed by atoms with E-state index in [-0.39, 0.29) is 10.8 Å². The van der Waals surface area contributed by atoms with Gasteiger partial charge >= 0.3 is 0 Å². The topological polar surface area (TPSA) is 66.5 Å². The zero-order valence-corrected chi connectivity index (χ0v) is 15.6. The summed E-state index contributed by atoms with van der Waals surface area (Å²) >= 11 is 5.91. The molecule has 1 amide bonds. The molecule has 0 saturated heterocycles. The van der Waals surface area contributed by atoms with E-state index in [9.17, 15) is 13.2 Å². The van der Waals surface area contributed by atoms with Crippen molar-refractivity contribution in [2.24, 2.45) is 0 Å². The summed E-state index contributed by atoms with van der Waals surface area (Å²) < 4.78 is 28.0. The number of benzene rings is 2. The summed E-state index contributed by atoms with van der Waals surface area (Å²) in [5.74, 6) is -0.0357. The first-order valence-corrected chi connectivity index (χ1v) is 9.84. The molecule has 3 rings (SSSR count). The molecule has 0 spiro atoms. The second-order valence-corrected chi connectivity index (χ2v) is 8.25. The molecule has 0 radical (unpaired) electrons. The van der Waals surface area contributed by atoms with Crippen molar-refractivity contribution >= 4 is 38.9 Å². The Kier molecular flexibility index (Phi) is 4.75. The second-order valence-electron chi connectivity index (χ2n) is 6.13. The van der Waals surface area contributed by atoms with Crippen LogP contribution in [0.4, 0.5) is 11.4 Å². The average Bonchev–Trinajstić information content (AvgIpc) is 2.56. The van der Waals surface area contributed by atoms with Gasteiger partial charge in [0.15, 0.2) is 0 Å². The van der Waals surface area contributed by atoms with E-state index >= 15 is 0 Å². The molecule has 0 aliphatic carbocycles. The van der Waals surface area contributed by atoms with Crippen LogP contribution in [0.2, 0.25) is 5.02 Å². The molecule has 0 fully saturated rings. The lowest BCUT2D eigenvalue weighted by Gasteiger charge is -2.28. The first kappa shape index (κ1) is 17.8. The number of rotatable bonds is 3. The first-order chi connectivity index (χ1) is 11.8. The van der Waals surface area contributed by atoms with Gasteiger partial charge in [0, 0.05) is 24.2 Å². The number of fused-ring (bicyclic) bond motifs is 1. The maximum absolute atomic E-state index is 12.7. The number of nitrogens with one attached hydrogen (secondary N) is 1. The van der Waals surface area contributed by atoms with Crippen LogP contribution in [-0.2, 0) is 21.2 Å². The van der Waals surface area contributed by atoms with Crippen LogP contribution >= 0.6 is 11.6 Å². The maximum atomic E-state index is 12.7. The van der Waals surface area contributed by atoms with Gasteiger partial charge < -0.3 is 4.90 Å². The van der Waals surface area contributed by atoms with Crippen molar-refractivity contribution in [1.82, 2.24) is 0 Å². The van der Waals surface area contributed by atoms with Crippen LogP contribution in [0.3, 0.4) is 0 Å². The highest BCUT2D eigenvalue weighted by atomic mass is 35.5. The minimum absolute atomic E-state index is 0.0357. The van der Waals surface area contributed by atoms with Crippen molar-refractivity contribution in [2.45, 2.75) is 31.6 Å². The Balaban J connectivity index is 1.94. The van der Waals surface area contributed by atoms with Crippen molar-refractivity contribution in [2.75, 3.05) is 16.2 Å². The molecule has 1 aliphatic heterocycles. The Morgan fingerprint density at radius 3 is 2.64 bits per heavy atom. The molecule has 7 heteroatoms. The summed E-state index contributed by atoms with van der Waals surface area (Å²) in [4.78, 5) is 13.6. The number of sulfonamides is 1. The lowest BCUT2D eigenvalue weighted by molar-refractivity contribution is -0.116. The number of carbonyl (C=O) groups excluding carboxylic acids is 1. The molecule has 2 aromatic rings. The summed E-state index contributed by atoms with van der Waals surface area (Å²) in [6.07, 6.45) is 1.57. The van der Waals surface area contributed by atoms with Crippen molar-refractivity contribution in [3.05, 3.63) is 52.5 Å². The van der Waals surface area contributed by atoms with Gasteiger partial charge in [-0.1, -0.05) is 11.6 Å². The first-order valence-electron chi connectivity index (χ1n) is 7.98. The lowest BCUT2D eigenvalue weighted by atomic mass is 10.0. The minimum Gasteiger partial charge on any atom is -0.312 e. The fourth-order valence-electron chi connectivity index (χ4n) is 3.01. The van der Waals surface area contributed by atoms with Crippen LogP contribution in [-0.4, -0.2) is 20.9 Å². The fraction of sp³-hybridized carbons (Fsp3) is 0.278. The van der Waals surface area contributed by atoms with Crippen molar-refractivity contribution in [3.63, 3.8) is 0 Å². The Morgan fingerprint density at radius 2 is 1.96 bits per heavy atom. The zero-order chi connectivity index (χ0) is 18.2. The standard InChI is InChI=1S/C18H19ClN2O3S/c1-12-10-15(19)5-7-17(12)20-25(23,24)16-6-8-18-14(11-16)4-3-9-21(18)13(2)22/h5-8,10-11,20H,3-4,9H2,1-2H3. The van der Waals surface area contributed by atoms with Crippen LogP contribution in [0.25, 0.3) is 0 Å². The smallest absolute Gasteiger partial charge is 0.261 e. The van der Waals surface area contributed by atoms with Crippen molar-refractivity contribution in [1.29, 1.82) is 0 Å².